The van der Waals surface area contributed by atoms with E-state index in [1.165, 1.54) is 7.11 Å². The topological polar surface area (TPSA) is 26.3 Å². The van der Waals surface area contributed by atoms with Gasteiger partial charge in [0.05, 0.1) is 13.0 Å². The van der Waals surface area contributed by atoms with Crippen LogP contribution in [0.1, 0.15) is 33.1 Å². The zero-order valence-electron chi connectivity index (χ0n) is 8.17. The molecule has 0 saturated heterocycles. The average Bonchev–Trinajstić information content (AvgIpc) is 2.11. The molecule has 0 spiro atoms. The predicted octanol–water partition coefficient (Wildman–Crippen LogP) is 2.54. The molecule has 0 aromatic heterocycles. The van der Waals surface area contributed by atoms with E-state index in [1.807, 2.05) is 12.2 Å². The van der Waals surface area contributed by atoms with Gasteiger partial charge in [-0.15, -0.1) is 0 Å². The number of hydrogen-bond donors (Lipinski definition) is 0. The molecule has 0 saturated carbocycles. The van der Waals surface area contributed by atoms with Crippen LogP contribution in [0.3, 0.4) is 0 Å². The number of hydrogen-bond acceptors (Lipinski definition) is 2. The van der Waals surface area contributed by atoms with Gasteiger partial charge in [-0.3, -0.25) is 4.79 Å². The first kappa shape index (κ1) is 11.2. The highest BCUT2D eigenvalue weighted by atomic mass is 16.5. The summed E-state index contributed by atoms with van der Waals surface area (Å²) in [6.07, 6.45) is 6.81. The maximum atomic E-state index is 11.1. The number of carbonyl (C=O) groups is 1. The van der Waals surface area contributed by atoms with Crippen molar-refractivity contribution in [2.24, 2.45) is 5.92 Å². The highest BCUT2D eigenvalue weighted by Gasteiger charge is 2.13. The maximum Gasteiger partial charge on any atom is 0.312 e. The Balaban J connectivity index is 4.02. The van der Waals surface area contributed by atoms with Crippen LogP contribution in [0.15, 0.2) is 12.2 Å². The minimum Gasteiger partial charge on any atom is -0.469 e. The lowest BCUT2D eigenvalue weighted by molar-refractivity contribution is -0.143. The highest BCUT2D eigenvalue weighted by molar-refractivity contribution is 5.74. The second-order valence-corrected chi connectivity index (χ2v) is 2.75. The van der Waals surface area contributed by atoms with E-state index in [0.29, 0.717) is 0 Å². The van der Waals surface area contributed by atoms with Crippen molar-refractivity contribution in [3.8, 4) is 0 Å². The van der Waals surface area contributed by atoms with Crippen molar-refractivity contribution in [2.75, 3.05) is 7.11 Å². The Morgan fingerprint density at radius 2 is 2.17 bits per heavy atom. The van der Waals surface area contributed by atoms with Crippen molar-refractivity contribution in [1.82, 2.24) is 0 Å². The molecule has 0 fully saturated rings. The third-order valence-corrected chi connectivity index (χ3v) is 1.71. The quantitative estimate of drug-likeness (QED) is 0.468. The maximum absolute atomic E-state index is 11.1. The summed E-state index contributed by atoms with van der Waals surface area (Å²) in [6, 6.07) is 0. The first-order valence-corrected chi connectivity index (χ1v) is 4.50. The Bertz CT molecular complexity index is 150. The van der Waals surface area contributed by atoms with Gasteiger partial charge in [0.25, 0.3) is 0 Å². The van der Waals surface area contributed by atoms with Crippen LogP contribution in [0.4, 0.5) is 0 Å². The Labute approximate surface area is 74.6 Å². The number of ether oxygens (including phenoxy) is 1. The summed E-state index contributed by atoms with van der Waals surface area (Å²) in [5.74, 6) is -0.165. The summed E-state index contributed by atoms with van der Waals surface area (Å²) < 4.78 is 4.67. The highest BCUT2D eigenvalue weighted by Crippen LogP contribution is 2.10. The molecule has 0 bridgehead atoms. The molecule has 0 amide bonds. The monoisotopic (exact) mass is 170 g/mol. The van der Waals surface area contributed by atoms with Crippen LogP contribution in [0.25, 0.3) is 0 Å². The van der Waals surface area contributed by atoms with Crippen LogP contribution in [-0.2, 0) is 9.53 Å². The fourth-order valence-electron chi connectivity index (χ4n) is 1.06. The molecule has 0 N–H and O–H groups in total. The molecule has 2 heteroatoms. The Kier molecular flexibility index (Phi) is 6.44. The van der Waals surface area contributed by atoms with Gasteiger partial charge in [-0.2, -0.15) is 0 Å². The Morgan fingerprint density at radius 3 is 2.58 bits per heavy atom. The van der Waals surface area contributed by atoms with Gasteiger partial charge in [0.2, 0.25) is 0 Å². The third-order valence-electron chi connectivity index (χ3n) is 1.71. The molecule has 12 heavy (non-hydrogen) atoms. The van der Waals surface area contributed by atoms with E-state index in [1.54, 1.807) is 0 Å². The number of esters is 1. The summed E-state index contributed by atoms with van der Waals surface area (Å²) in [4.78, 5) is 11.1. The summed E-state index contributed by atoms with van der Waals surface area (Å²) in [6.45, 7) is 4.12. The van der Waals surface area contributed by atoms with E-state index in [4.69, 9.17) is 0 Å². The summed E-state index contributed by atoms with van der Waals surface area (Å²) in [5.41, 5.74) is 0. The number of allylic oxidation sites excluding steroid dienone is 1. The van der Waals surface area contributed by atoms with Crippen molar-refractivity contribution in [1.29, 1.82) is 0 Å². The van der Waals surface area contributed by atoms with E-state index < -0.39 is 0 Å². The van der Waals surface area contributed by atoms with E-state index >= 15 is 0 Å². The zero-order valence-corrected chi connectivity index (χ0v) is 8.17. The predicted molar refractivity (Wildman–Crippen MR) is 49.8 cm³/mol. The van der Waals surface area contributed by atoms with E-state index in [0.717, 1.165) is 19.3 Å². The normalized spacial score (nSPS) is 13.2. The number of rotatable bonds is 5. The fourth-order valence-corrected chi connectivity index (χ4v) is 1.06. The van der Waals surface area contributed by atoms with Gasteiger partial charge in [-0.25, -0.2) is 0 Å². The summed E-state index contributed by atoms with van der Waals surface area (Å²) >= 11 is 0. The molecular formula is C10H18O2. The summed E-state index contributed by atoms with van der Waals surface area (Å²) in [5, 5.41) is 0. The average molecular weight is 170 g/mol. The molecule has 0 aliphatic rings. The molecule has 1 atom stereocenters. The SMILES string of the molecule is CCC=CC(CCC)C(=O)OC. The van der Waals surface area contributed by atoms with Gasteiger partial charge in [-0.05, 0) is 12.8 Å². The van der Waals surface area contributed by atoms with Gasteiger partial charge in [0.1, 0.15) is 0 Å². The van der Waals surface area contributed by atoms with Crippen molar-refractivity contribution in [3.63, 3.8) is 0 Å². The van der Waals surface area contributed by atoms with Crippen LogP contribution in [-0.4, -0.2) is 13.1 Å². The lowest BCUT2D eigenvalue weighted by atomic mass is 10.0. The molecular weight excluding hydrogens is 152 g/mol. The van der Waals surface area contributed by atoms with Crippen molar-refractivity contribution in [2.45, 2.75) is 33.1 Å². The van der Waals surface area contributed by atoms with Crippen LogP contribution in [0.5, 0.6) is 0 Å². The standard InChI is InChI=1S/C10H18O2/c1-4-6-8-9(7-5-2)10(11)12-3/h6,8-9H,4-5,7H2,1-3H3. The largest absolute Gasteiger partial charge is 0.469 e. The molecule has 0 aliphatic carbocycles. The van der Waals surface area contributed by atoms with Crippen LogP contribution in [0, 0.1) is 5.92 Å². The second-order valence-electron chi connectivity index (χ2n) is 2.75. The first-order valence-electron chi connectivity index (χ1n) is 4.50. The smallest absolute Gasteiger partial charge is 0.312 e. The number of methoxy groups -OCH3 is 1. The van der Waals surface area contributed by atoms with Gasteiger partial charge in [0, 0.05) is 0 Å². The van der Waals surface area contributed by atoms with E-state index in [9.17, 15) is 4.79 Å². The van der Waals surface area contributed by atoms with Crippen LogP contribution in [0.2, 0.25) is 0 Å². The zero-order chi connectivity index (χ0) is 9.40. The molecule has 0 rings (SSSR count). The molecule has 0 radical (unpaired) electrons. The lowest BCUT2D eigenvalue weighted by Crippen LogP contribution is -2.13. The Hall–Kier alpha value is -0.790. The lowest BCUT2D eigenvalue weighted by Gasteiger charge is -2.07. The summed E-state index contributed by atoms with van der Waals surface area (Å²) in [7, 11) is 1.44. The molecule has 1 unspecified atom stereocenters. The second kappa shape index (κ2) is 6.89. The molecule has 0 aromatic rings. The van der Waals surface area contributed by atoms with E-state index in [-0.39, 0.29) is 11.9 Å². The third kappa shape index (κ3) is 4.16. The minimum atomic E-state index is -0.124. The van der Waals surface area contributed by atoms with Crippen LogP contribution >= 0.6 is 0 Å². The Morgan fingerprint density at radius 1 is 1.50 bits per heavy atom. The van der Waals surface area contributed by atoms with Gasteiger partial charge >= 0.3 is 5.97 Å². The van der Waals surface area contributed by atoms with E-state index in [2.05, 4.69) is 18.6 Å². The molecule has 0 aromatic carbocycles. The van der Waals surface area contributed by atoms with Crippen molar-refractivity contribution < 1.29 is 9.53 Å². The van der Waals surface area contributed by atoms with Crippen molar-refractivity contribution >= 4 is 5.97 Å². The van der Waals surface area contributed by atoms with Gasteiger partial charge in [-0.1, -0.05) is 32.4 Å². The molecule has 0 aliphatic heterocycles. The molecule has 70 valence electrons. The minimum absolute atomic E-state index is 0.0417. The molecule has 2 nitrogen and oxygen atoms in total. The fraction of sp³-hybridized carbons (Fsp3) is 0.700. The van der Waals surface area contributed by atoms with Gasteiger partial charge in [0.15, 0.2) is 0 Å². The molecule has 0 heterocycles. The number of carbonyl (C=O) groups excluding carboxylic acids is 1. The van der Waals surface area contributed by atoms with Gasteiger partial charge < -0.3 is 4.74 Å². The van der Waals surface area contributed by atoms with Crippen molar-refractivity contribution in [3.05, 3.63) is 12.2 Å². The van der Waals surface area contributed by atoms with Crippen LogP contribution < -0.4 is 0 Å². The first-order chi connectivity index (χ1) is 5.76.